The lowest BCUT2D eigenvalue weighted by molar-refractivity contribution is 0.269. The van der Waals surface area contributed by atoms with Gasteiger partial charge in [-0.2, -0.15) is 10.4 Å². The second-order valence-corrected chi connectivity index (χ2v) is 3.45. The number of anilines is 1. The number of nitrogens with zero attached hydrogens (tertiary/aromatic N) is 3. The largest absolute Gasteiger partial charge is 0.449 e. The first-order valence-electron chi connectivity index (χ1n) is 5.18. The highest BCUT2D eigenvalue weighted by Crippen LogP contribution is 2.10. The molecule has 0 unspecified atom stereocenters. The van der Waals surface area contributed by atoms with Gasteiger partial charge < -0.3 is 14.8 Å². The monoisotopic (exact) mass is 232 g/mol. The molecule has 0 bridgehead atoms. The van der Waals surface area contributed by atoms with Crippen molar-refractivity contribution in [1.29, 1.82) is 5.26 Å². The molecule has 2 N–H and O–H groups in total. The molecule has 0 aromatic carbocycles. The van der Waals surface area contributed by atoms with Gasteiger partial charge in [-0.15, -0.1) is 0 Å². The molecule has 0 amide bonds. The molecule has 0 saturated carbocycles. The standard InChI is InChI=1S/C11H12N4O2/c12-5-10-1-2-11(17-10)7-13-9-6-14-15(8-9)3-4-16/h1-2,6,8,13,16H,3-4,7H2. The zero-order chi connectivity index (χ0) is 12.1. The Bertz CT molecular complexity index is 524. The minimum Gasteiger partial charge on any atom is -0.449 e. The van der Waals surface area contributed by atoms with Crippen molar-refractivity contribution in [2.45, 2.75) is 13.1 Å². The normalized spacial score (nSPS) is 10.1. The molecule has 17 heavy (non-hydrogen) atoms. The predicted molar refractivity (Wildman–Crippen MR) is 60.1 cm³/mol. The maximum absolute atomic E-state index is 8.74. The van der Waals surface area contributed by atoms with Crippen LogP contribution in [0.25, 0.3) is 0 Å². The van der Waals surface area contributed by atoms with E-state index in [1.165, 1.54) is 0 Å². The van der Waals surface area contributed by atoms with Crippen molar-refractivity contribution in [1.82, 2.24) is 9.78 Å². The van der Waals surface area contributed by atoms with Crippen molar-refractivity contribution >= 4 is 5.69 Å². The van der Waals surface area contributed by atoms with Gasteiger partial charge in [-0.3, -0.25) is 4.68 Å². The molecule has 88 valence electrons. The van der Waals surface area contributed by atoms with Crippen LogP contribution in [-0.4, -0.2) is 21.5 Å². The molecular formula is C11H12N4O2. The van der Waals surface area contributed by atoms with E-state index in [2.05, 4.69) is 10.4 Å². The zero-order valence-electron chi connectivity index (χ0n) is 9.13. The highest BCUT2D eigenvalue weighted by molar-refractivity contribution is 5.38. The number of hydrogen-bond donors (Lipinski definition) is 2. The van der Waals surface area contributed by atoms with Gasteiger partial charge in [0.2, 0.25) is 5.76 Å². The lowest BCUT2D eigenvalue weighted by Gasteiger charge is -1.99. The number of furan rings is 1. The predicted octanol–water partition coefficient (Wildman–Crippen LogP) is 0.952. The summed E-state index contributed by atoms with van der Waals surface area (Å²) in [6.07, 6.45) is 3.47. The lowest BCUT2D eigenvalue weighted by atomic mass is 10.4. The van der Waals surface area contributed by atoms with E-state index in [9.17, 15) is 0 Å². The fourth-order valence-corrected chi connectivity index (χ4v) is 1.40. The summed E-state index contributed by atoms with van der Waals surface area (Å²) in [5, 5.41) is 24.5. The molecule has 0 spiro atoms. The highest BCUT2D eigenvalue weighted by atomic mass is 16.3. The van der Waals surface area contributed by atoms with Gasteiger partial charge in [0, 0.05) is 6.20 Å². The molecule has 0 aliphatic heterocycles. The Hall–Kier alpha value is -2.26. The van der Waals surface area contributed by atoms with Crippen molar-refractivity contribution in [2.75, 3.05) is 11.9 Å². The highest BCUT2D eigenvalue weighted by Gasteiger charge is 2.02. The van der Waals surface area contributed by atoms with Gasteiger partial charge >= 0.3 is 0 Å². The van der Waals surface area contributed by atoms with Crippen LogP contribution in [0.5, 0.6) is 0 Å². The van der Waals surface area contributed by atoms with Crippen LogP contribution in [0.3, 0.4) is 0 Å². The van der Waals surface area contributed by atoms with Gasteiger partial charge in [0.05, 0.1) is 31.6 Å². The Morgan fingerprint density at radius 2 is 2.41 bits per heavy atom. The van der Waals surface area contributed by atoms with Crippen molar-refractivity contribution in [2.24, 2.45) is 0 Å². The Labute approximate surface area is 98.1 Å². The molecular weight excluding hydrogens is 220 g/mol. The first kappa shape index (κ1) is 11.2. The van der Waals surface area contributed by atoms with Crippen LogP contribution < -0.4 is 5.32 Å². The summed E-state index contributed by atoms with van der Waals surface area (Å²) in [5.41, 5.74) is 0.841. The summed E-state index contributed by atoms with van der Waals surface area (Å²) < 4.78 is 6.86. The Kier molecular flexibility index (Phi) is 3.43. The fraction of sp³-hybridized carbons (Fsp3) is 0.273. The maximum atomic E-state index is 8.74. The van der Waals surface area contributed by atoms with Crippen molar-refractivity contribution in [3.8, 4) is 6.07 Å². The summed E-state index contributed by atoms with van der Waals surface area (Å²) in [6, 6.07) is 5.31. The van der Waals surface area contributed by atoms with E-state index in [0.29, 0.717) is 24.6 Å². The molecule has 6 heteroatoms. The number of nitrogens with one attached hydrogen (secondary N) is 1. The zero-order valence-corrected chi connectivity index (χ0v) is 9.13. The van der Waals surface area contributed by atoms with Crippen LogP contribution in [0.4, 0.5) is 5.69 Å². The summed E-state index contributed by atoms with van der Waals surface area (Å²) in [7, 11) is 0. The number of aliphatic hydroxyl groups excluding tert-OH is 1. The van der Waals surface area contributed by atoms with E-state index in [1.807, 2.05) is 6.07 Å². The Balaban J connectivity index is 1.90. The average molecular weight is 232 g/mol. The minimum absolute atomic E-state index is 0.0604. The number of rotatable bonds is 5. The van der Waals surface area contributed by atoms with Crippen molar-refractivity contribution < 1.29 is 9.52 Å². The molecule has 6 nitrogen and oxygen atoms in total. The van der Waals surface area contributed by atoms with Crippen LogP contribution >= 0.6 is 0 Å². The summed E-state index contributed by atoms with van der Waals surface area (Å²) in [4.78, 5) is 0. The van der Waals surface area contributed by atoms with Gasteiger partial charge in [-0.05, 0) is 12.1 Å². The van der Waals surface area contributed by atoms with Gasteiger partial charge in [-0.1, -0.05) is 0 Å². The number of nitriles is 1. The van der Waals surface area contributed by atoms with Crippen LogP contribution in [0.15, 0.2) is 28.9 Å². The number of aromatic nitrogens is 2. The summed E-state index contributed by atoms with van der Waals surface area (Å²) in [6.45, 7) is 1.03. The second-order valence-electron chi connectivity index (χ2n) is 3.45. The Morgan fingerprint density at radius 1 is 1.53 bits per heavy atom. The third kappa shape index (κ3) is 2.86. The Morgan fingerprint density at radius 3 is 3.12 bits per heavy atom. The molecule has 2 heterocycles. The van der Waals surface area contributed by atoms with Crippen LogP contribution in [0.2, 0.25) is 0 Å². The van der Waals surface area contributed by atoms with E-state index in [4.69, 9.17) is 14.8 Å². The number of hydrogen-bond acceptors (Lipinski definition) is 5. The number of aliphatic hydroxyl groups is 1. The minimum atomic E-state index is 0.0604. The average Bonchev–Trinajstić information content (AvgIpc) is 2.95. The van der Waals surface area contributed by atoms with E-state index in [1.54, 1.807) is 29.2 Å². The molecule has 2 aromatic rings. The second kappa shape index (κ2) is 5.18. The first-order chi connectivity index (χ1) is 8.31. The SMILES string of the molecule is N#Cc1ccc(CNc2cnn(CCO)c2)o1. The molecule has 0 radical (unpaired) electrons. The molecule has 0 fully saturated rings. The van der Waals surface area contributed by atoms with Gasteiger partial charge in [-0.25, -0.2) is 0 Å². The van der Waals surface area contributed by atoms with E-state index in [0.717, 1.165) is 5.69 Å². The van der Waals surface area contributed by atoms with Crippen LogP contribution in [0, 0.1) is 11.3 Å². The smallest absolute Gasteiger partial charge is 0.203 e. The van der Waals surface area contributed by atoms with E-state index >= 15 is 0 Å². The summed E-state index contributed by atoms with van der Waals surface area (Å²) in [5.74, 6) is 0.995. The molecule has 0 aliphatic carbocycles. The molecule has 2 rings (SSSR count). The van der Waals surface area contributed by atoms with Crippen molar-refractivity contribution in [3.05, 3.63) is 36.0 Å². The molecule has 0 aliphatic rings. The van der Waals surface area contributed by atoms with Crippen LogP contribution in [0.1, 0.15) is 11.5 Å². The van der Waals surface area contributed by atoms with Crippen molar-refractivity contribution in [3.63, 3.8) is 0 Å². The maximum Gasteiger partial charge on any atom is 0.203 e. The van der Waals surface area contributed by atoms with Gasteiger partial charge in [0.25, 0.3) is 0 Å². The fourth-order valence-electron chi connectivity index (χ4n) is 1.40. The molecule has 0 saturated heterocycles. The third-order valence-electron chi connectivity index (χ3n) is 2.20. The van der Waals surface area contributed by atoms with Gasteiger partial charge in [0.1, 0.15) is 11.8 Å². The quantitative estimate of drug-likeness (QED) is 0.801. The van der Waals surface area contributed by atoms with Gasteiger partial charge in [0.15, 0.2) is 0 Å². The topological polar surface area (TPSA) is 87.0 Å². The van der Waals surface area contributed by atoms with Crippen LogP contribution in [-0.2, 0) is 13.1 Å². The third-order valence-corrected chi connectivity index (χ3v) is 2.20. The first-order valence-corrected chi connectivity index (χ1v) is 5.18. The van der Waals surface area contributed by atoms with E-state index < -0.39 is 0 Å². The molecule has 0 atom stereocenters. The van der Waals surface area contributed by atoms with E-state index in [-0.39, 0.29) is 6.61 Å². The summed E-state index contributed by atoms with van der Waals surface area (Å²) >= 11 is 0. The lowest BCUT2D eigenvalue weighted by Crippen LogP contribution is -2.02. The molecule has 2 aromatic heterocycles.